The standard InChI is InChI=1S/C16H23BrN4/c1-4-18-15(13-5-7-14(17)8-6-13)9-16-19-11-20-21(16)10-12(2)3/h5-8,11-12,15,18H,4,9-10H2,1-3H3. The molecule has 0 fully saturated rings. The fourth-order valence-electron chi connectivity index (χ4n) is 2.38. The third-order valence-electron chi connectivity index (χ3n) is 3.34. The molecule has 2 rings (SSSR count). The van der Waals surface area contributed by atoms with Crippen LogP contribution in [-0.2, 0) is 13.0 Å². The highest BCUT2D eigenvalue weighted by Crippen LogP contribution is 2.20. The number of benzene rings is 1. The second-order valence-corrected chi connectivity index (χ2v) is 6.53. The zero-order valence-electron chi connectivity index (χ0n) is 12.9. The number of rotatable bonds is 7. The molecular formula is C16H23BrN4. The molecule has 0 spiro atoms. The van der Waals surface area contributed by atoms with Crippen molar-refractivity contribution in [2.45, 2.75) is 39.8 Å². The number of hydrogen-bond acceptors (Lipinski definition) is 3. The Balaban J connectivity index is 2.16. The maximum atomic E-state index is 4.44. The van der Waals surface area contributed by atoms with Crippen molar-refractivity contribution in [3.8, 4) is 0 Å². The van der Waals surface area contributed by atoms with Crippen molar-refractivity contribution in [1.82, 2.24) is 20.1 Å². The molecule has 1 aromatic heterocycles. The van der Waals surface area contributed by atoms with Crippen LogP contribution < -0.4 is 5.32 Å². The zero-order valence-corrected chi connectivity index (χ0v) is 14.5. The van der Waals surface area contributed by atoms with Gasteiger partial charge >= 0.3 is 0 Å². The average molecular weight is 351 g/mol. The molecule has 0 saturated carbocycles. The second-order valence-electron chi connectivity index (χ2n) is 5.62. The number of aromatic nitrogens is 3. The van der Waals surface area contributed by atoms with Crippen molar-refractivity contribution in [2.75, 3.05) is 6.54 Å². The Labute approximate surface area is 135 Å². The highest BCUT2D eigenvalue weighted by atomic mass is 79.9. The summed E-state index contributed by atoms with van der Waals surface area (Å²) in [7, 11) is 0. The lowest BCUT2D eigenvalue weighted by molar-refractivity contribution is 0.446. The zero-order chi connectivity index (χ0) is 15.2. The number of nitrogens with zero attached hydrogens (tertiary/aromatic N) is 3. The normalized spacial score (nSPS) is 12.8. The predicted octanol–water partition coefficient (Wildman–Crippen LogP) is 3.59. The molecule has 4 nitrogen and oxygen atoms in total. The minimum Gasteiger partial charge on any atom is -0.310 e. The quantitative estimate of drug-likeness (QED) is 0.829. The molecular weight excluding hydrogens is 328 g/mol. The first-order valence-electron chi connectivity index (χ1n) is 7.45. The highest BCUT2D eigenvalue weighted by molar-refractivity contribution is 9.10. The van der Waals surface area contributed by atoms with Crippen molar-refractivity contribution in [2.24, 2.45) is 5.92 Å². The van der Waals surface area contributed by atoms with E-state index in [0.29, 0.717) is 5.92 Å². The van der Waals surface area contributed by atoms with Gasteiger partial charge in [-0.25, -0.2) is 9.67 Å². The van der Waals surface area contributed by atoms with E-state index in [2.05, 4.69) is 76.4 Å². The number of likely N-dealkylation sites (N-methyl/N-ethyl adjacent to an activating group) is 1. The Hall–Kier alpha value is -1.20. The lowest BCUT2D eigenvalue weighted by Gasteiger charge is -2.19. The van der Waals surface area contributed by atoms with Crippen LogP contribution in [0.25, 0.3) is 0 Å². The van der Waals surface area contributed by atoms with Gasteiger partial charge in [0.1, 0.15) is 12.2 Å². The van der Waals surface area contributed by atoms with E-state index in [0.717, 1.165) is 29.8 Å². The summed E-state index contributed by atoms with van der Waals surface area (Å²) < 4.78 is 3.12. The van der Waals surface area contributed by atoms with Crippen molar-refractivity contribution in [3.63, 3.8) is 0 Å². The van der Waals surface area contributed by atoms with Gasteiger partial charge in [-0.15, -0.1) is 0 Å². The van der Waals surface area contributed by atoms with E-state index < -0.39 is 0 Å². The maximum Gasteiger partial charge on any atom is 0.138 e. The van der Waals surface area contributed by atoms with Crippen LogP contribution in [0.3, 0.4) is 0 Å². The molecule has 0 aliphatic carbocycles. The molecule has 5 heteroatoms. The second kappa shape index (κ2) is 7.71. The Morgan fingerprint density at radius 1 is 1.24 bits per heavy atom. The predicted molar refractivity (Wildman–Crippen MR) is 89.1 cm³/mol. The number of hydrogen-bond donors (Lipinski definition) is 1. The Morgan fingerprint density at radius 2 is 1.95 bits per heavy atom. The molecule has 0 aliphatic rings. The Bertz CT molecular complexity index is 548. The van der Waals surface area contributed by atoms with Gasteiger partial charge in [0.05, 0.1) is 0 Å². The summed E-state index contributed by atoms with van der Waals surface area (Å²) in [6.45, 7) is 8.36. The van der Waals surface area contributed by atoms with Crippen molar-refractivity contribution in [3.05, 3.63) is 46.5 Å². The van der Waals surface area contributed by atoms with Crippen molar-refractivity contribution >= 4 is 15.9 Å². The average Bonchev–Trinajstić information content (AvgIpc) is 2.86. The van der Waals surface area contributed by atoms with Crippen LogP contribution in [0.5, 0.6) is 0 Å². The molecule has 1 atom stereocenters. The van der Waals surface area contributed by atoms with Gasteiger partial charge in [-0.3, -0.25) is 0 Å². The van der Waals surface area contributed by atoms with Gasteiger partial charge in [-0.2, -0.15) is 5.10 Å². The van der Waals surface area contributed by atoms with Crippen LogP contribution in [0.15, 0.2) is 35.1 Å². The van der Waals surface area contributed by atoms with Crippen LogP contribution in [0.1, 0.15) is 38.2 Å². The van der Waals surface area contributed by atoms with Gasteiger partial charge < -0.3 is 5.32 Å². The summed E-state index contributed by atoms with van der Waals surface area (Å²) in [6.07, 6.45) is 2.50. The molecule has 0 amide bonds. The summed E-state index contributed by atoms with van der Waals surface area (Å²) in [5.41, 5.74) is 1.28. The summed E-state index contributed by atoms with van der Waals surface area (Å²) in [5.74, 6) is 1.60. The molecule has 0 bridgehead atoms. The fourth-order valence-corrected chi connectivity index (χ4v) is 2.64. The first-order valence-corrected chi connectivity index (χ1v) is 8.25. The smallest absolute Gasteiger partial charge is 0.138 e. The van der Waals surface area contributed by atoms with Crippen LogP contribution in [0.4, 0.5) is 0 Å². The Kier molecular flexibility index (Phi) is 5.94. The summed E-state index contributed by atoms with van der Waals surface area (Å²) in [4.78, 5) is 4.44. The van der Waals surface area contributed by atoms with E-state index in [-0.39, 0.29) is 6.04 Å². The van der Waals surface area contributed by atoms with Gasteiger partial charge in [0.2, 0.25) is 0 Å². The van der Waals surface area contributed by atoms with Gasteiger partial charge in [0.25, 0.3) is 0 Å². The molecule has 114 valence electrons. The van der Waals surface area contributed by atoms with E-state index >= 15 is 0 Å². The molecule has 1 N–H and O–H groups in total. The van der Waals surface area contributed by atoms with Gasteiger partial charge in [0.15, 0.2) is 0 Å². The van der Waals surface area contributed by atoms with Crippen molar-refractivity contribution < 1.29 is 0 Å². The minimum atomic E-state index is 0.262. The fraction of sp³-hybridized carbons (Fsp3) is 0.500. The topological polar surface area (TPSA) is 42.7 Å². The number of nitrogens with one attached hydrogen (secondary N) is 1. The van der Waals surface area contributed by atoms with Crippen LogP contribution >= 0.6 is 15.9 Å². The minimum absolute atomic E-state index is 0.262. The van der Waals surface area contributed by atoms with Gasteiger partial charge in [0, 0.05) is 23.5 Å². The summed E-state index contributed by atoms with van der Waals surface area (Å²) >= 11 is 3.49. The lowest BCUT2D eigenvalue weighted by Crippen LogP contribution is -2.25. The third kappa shape index (κ3) is 4.64. The number of halogens is 1. The SMILES string of the molecule is CCNC(Cc1ncnn1CC(C)C)c1ccc(Br)cc1. The molecule has 1 unspecified atom stereocenters. The molecule has 0 aliphatic heterocycles. The van der Waals surface area contributed by atoms with Gasteiger partial charge in [-0.05, 0) is 30.2 Å². The lowest BCUT2D eigenvalue weighted by atomic mass is 10.0. The first-order chi connectivity index (χ1) is 10.1. The maximum absolute atomic E-state index is 4.44. The van der Waals surface area contributed by atoms with Crippen molar-refractivity contribution in [1.29, 1.82) is 0 Å². The molecule has 0 saturated heterocycles. The summed E-state index contributed by atoms with van der Waals surface area (Å²) in [5, 5.41) is 7.89. The first kappa shape index (κ1) is 16.2. The van der Waals surface area contributed by atoms with Crippen LogP contribution in [0.2, 0.25) is 0 Å². The van der Waals surface area contributed by atoms with Gasteiger partial charge in [-0.1, -0.05) is 48.8 Å². The molecule has 1 heterocycles. The van der Waals surface area contributed by atoms with E-state index in [1.165, 1.54) is 5.56 Å². The Morgan fingerprint density at radius 3 is 2.57 bits per heavy atom. The van der Waals surface area contributed by atoms with E-state index in [1.54, 1.807) is 6.33 Å². The van der Waals surface area contributed by atoms with E-state index in [1.807, 2.05) is 4.68 Å². The van der Waals surface area contributed by atoms with Crippen LogP contribution in [0, 0.1) is 5.92 Å². The molecule has 2 aromatic rings. The molecule has 0 radical (unpaired) electrons. The summed E-state index contributed by atoms with van der Waals surface area (Å²) in [6, 6.07) is 8.73. The molecule has 1 aromatic carbocycles. The largest absolute Gasteiger partial charge is 0.310 e. The third-order valence-corrected chi connectivity index (χ3v) is 3.87. The highest BCUT2D eigenvalue weighted by Gasteiger charge is 2.15. The monoisotopic (exact) mass is 350 g/mol. The van der Waals surface area contributed by atoms with E-state index in [4.69, 9.17) is 0 Å². The van der Waals surface area contributed by atoms with E-state index in [9.17, 15) is 0 Å². The molecule has 21 heavy (non-hydrogen) atoms. The van der Waals surface area contributed by atoms with Crippen LogP contribution in [-0.4, -0.2) is 21.3 Å².